The minimum atomic E-state index is -3.47. The highest BCUT2D eigenvalue weighted by atomic mass is 32.2. The molecule has 0 aliphatic rings. The summed E-state index contributed by atoms with van der Waals surface area (Å²) >= 11 is 0. The van der Waals surface area contributed by atoms with Gasteiger partial charge in [0.05, 0.1) is 6.26 Å². The second-order valence-electron chi connectivity index (χ2n) is 2.14. The summed E-state index contributed by atoms with van der Waals surface area (Å²) in [5.74, 6) is -1.25. The maximum atomic E-state index is 10.8. The Bertz CT molecular complexity index is 405. The third kappa shape index (κ3) is 1.62. The lowest BCUT2D eigenvalue weighted by atomic mass is 10.5. The van der Waals surface area contributed by atoms with Crippen molar-refractivity contribution in [1.29, 1.82) is 0 Å². The zero-order chi connectivity index (χ0) is 9.35. The molecular formula is C5H6N2O4S. The molecule has 0 saturated carbocycles. The van der Waals surface area contributed by atoms with Crippen molar-refractivity contribution >= 4 is 16.0 Å². The number of aromatic carboxylic acids is 1. The van der Waals surface area contributed by atoms with Gasteiger partial charge in [-0.15, -0.1) is 0 Å². The molecule has 0 spiro atoms. The Kier molecular flexibility index (Phi) is 1.89. The Hall–Kier alpha value is -1.37. The molecule has 0 radical (unpaired) electrons. The summed E-state index contributed by atoms with van der Waals surface area (Å²) < 4.78 is 22.2. The average Bonchev–Trinajstić information content (AvgIpc) is 2.30. The van der Waals surface area contributed by atoms with E-state index >= 15 is 0 Å². The van der Waals surface area contributed by atoms with Gasteiger partial charge in [0, 0.05) is 6.20 Å². The Morgan fingerprint density at radius 2 is 2.25 bits per heavy atom. The molecular weight excluding hydrogens is 184 g/mol. The highest BCUT2D eigenvalue weighted by Gasteiger charge is 2.11. The van der Waals surface area contributed by atoms with E-state index in [4.69, 9.17) is 5.11 Å². The number of carbonyl (C=O) groups is 1. The molecule has 66 valence electrons. The Morgan fingerprint density at radius 1 is 1.67 bits per heavy atom. The van der Waals surface area contributed by atoms with Crippen molar-refractivity contribution in [3.63, 3.8) is 0 Å². The zero-order valence-electron chi connectivity index (χ0n) is 6.13. The first-order valence-electron chi connectivity index (χ1n) is 2.91. The first-order valence-corrected chi connectivity index (χ1v) is 4.75. The van der Waals surface area contributed by atoms with Gasteiger partial charge < -0.3 is 5.11 Å². The Labute approximate surface area is 68.5 Å². The lowest BCUT2D eigenvalue weighted by Crippen LogP contribution is -2.11. The van der Waals surface area contributed by atoms with Gasteiger partial charge in [-0.3, -0.25) is 0 Å². The summed E-state index contributed by atoms with van der Waals surface area (Å²) in [6.45, 7) is 0. The number of carboxylic acid groups (broad SMARTS) is 1. The molecule has 0 aliphatic carbocycles. The molecule has 7 heteroatoms. The molecule has 12 heavy (non-hydrogen) atoms. The van der Waals surface area contributed by atoms with Gasteiger partial charge in [0.15, 0.2) is 5.69 Å². The van der Waals surface area contributed by atoms with Crippen molar-refractivity contribution in [1.82, 2.24) is 9.19 Å². The van der Waals surface area contributed by atoms with E-state index in [1.54, 1.807) is 0 Å². The quantitative estimate of drug-likeness (QED) is 0.671. The summed E-state index contributed by atoms with van der Waals surface area (Å²) in [6, 6.07) is 1.11. The molecule has 0 unspecified atom stereocenters. The molecule has 0 bridgehead atoms. The maximum absolute atomic E-state index is 10.8. The van der Waals surface area contributed by atoms with Gasteiger partial charge in [-0.1, -0.05) is 0 Å². The summed E-state index contributed by atoms with van der Waals surface area (Å²) in [4.78, 5) is 10.3. The van der Waals surface area contributed by atoms with Crippen molar-refractivity contribution in [3.05, 3.63) is 18.0 Å². The van der Waals surface area contributed by atoms with E-state index in [1.807, 2.05) is 0 Å². The number of hydrogen-bond acceptors (Lipinski definition) is 4. The standard InChI is InChI=1S/C5H6N2O4S/c1-12(10,11)7-3-2-4(6-7)5(8)9/h2-3H,1H3,(H,8,9). The van der Waals surface area contributed by atoms with Crippen LogP contribution >= 0.6 is 0 Å². The maximum Gasteiger partial charge on any atom is 0.356 e. The van der Waals surface area contributed by atoms with E-state index in [-0.39, 0.29) is 5.69 Å². The zero-order valence-corrected chi connectivity index (χ0v) is 6.95. The van der Waals surface area contributed by atoms with Gasteiger partial charge >= 0.3 is 5.97 Å². The average molecular weight is 190 g/mol. The van der Waals surface area contributed by atoms with Crippen LogP contribution in [0.5, 0.6) is 0 Å². The fourth-order valence-corrected chi connectivity index (χ4v) is 1.12. The van der Waals surface area contributed by atoms with E-state index < -0.39 is 16.0 Å². The van der Waals surface area contributed by atoms with Crippen LogP contribution in [-0.2, 0) is 10.0 Å². The van der Waals surface area contributed by atoms with Gasteiger partial charge in [-0.25, -0.2) is 13.2 Å². The summed E-state index contributed by atoms with van der Waals surface area (Å²) in [7, 11) is -3.47. The molecule has 0 aliphatic heterocycles. The highest BCUT2D eigenvalue weighted by molar-refractivity contribution is 7.89. The summed E-state index contributed by atoms with van der Waals surface area (Å²) in [6.07, 6.45) is 2.02. The molecule has 1 rings (SSSR count). The number of aromatic nitrogens is 2. The molecule has 1 N–H and O–H groups in total. The molecule has 0 aromatic carbocycles. The number of rotatable bonds is 2. The second kappa shape index (κ2) is 2.59. The molecule has 0 atom stereocenters. The third-order valence-electron chi connectivity index (χ3n) is 1.13. The molecule has 0 amide bonds. The highest BCUT2D eigenvalue weighted by Crippen LogP contribution is 1.97. The van der Waals surface area contributed by atoms with Crippen LogP contribution in [0.4, 0.5) is 0 Å². The van der Waals surface area contributed by atoms with Crippen molar-refractivity contribution in [2.45, 2.75) is 0 Å². The topological polar surface area (TPSA) is 89.3 Å². The van der Waals surface area contributed by atoms with Crippen LogP contribution in [0.1, 0.15) is 10.5 Å². The molecule has 1 aromatic rings. The fourth-order valence-electron chi connectivity index (χ4n) is 0.606. The smallest absolute Gasteiger partial charge is 0.356 e. The van der Waals surface area contributed by atoms with Gasteiger partial charge in [-0.2, -0.15) is 9.19 Å². The van der Waals surface area contributed by atoms with Gasteiger partial charge in [-0.05, 0) is 6.07 Å². The SMILES string of the molecule is CS(=O)(=O)n1ccc(C(=O)O)n1. The van der Waals surface area contributed by atoms with Gasteiger partial charge in [0.2, 0.25) is 0 Å². The van der Waals surface area contributed by atoms with Crippen LogP contribution in [0.3, 0.4) is 0 Å². The van der Waals surface area contributed by atoms with E-state index in [9.17, 15) is 13.2 Å². The lowest BCUT2D eigenvalue weighted by molar-refractivity contribution is 0.0690. The molecule has 0 fully saturated rings. The van der Waals surface area contributed by atoms with Crippen molar-refractivity contribution in [3.8, 4) is 0 Å². The van der Waals surface area contributed by atoms with Crippen molar-refractivity contribution < 1.29 is 18.3 Å². The Balaban J connectivity index is 3.17. The van der Waals surface area contributed by atoms with E-state index in [0.717, 1.165) is 18.5 Å². The largest absolute Gasteiger partial charge is 0.476 e. The summed E-state index contributed by atoms with van der Waals surface area (Å²) in [5, 5.41) is 11.7. The fraction of sp³-hybridized carbons (Fsp3) is 0.200. The molecule has 6 nitrogen and oxygen atoms in total. The normalized spacial score (nSPS) is 11.4. The minimum Gasteiger partial charge on any atom is -0.476 e. The van der Waals surface area contributed by atoms with Crippen molar-refractivity contribution in [2.75, 3.05) is 6.26 Å². The minimum absolute atomic E-state index is 0.291. The molecule has 1 aromatic heterocycles. The number of hydrogen-bond donors (Lipinski definition) is 1. The first kappa shape index (κ1) is 8.72. The first-order chi connectivity index (χ1) is 5.41. The van der Waals surface area contributed by atoms with Gasteiger partial charge in [0.25, 0.3) is 10.0 Å². The van der Waals surface area contributed by atoms with E-state index in [0.29, 0.717) is 4.09 Å². The predicted molar refractivity (Wildman–Crippen MR) is 39.4 cm³/mol. The molecule has 0 saturated heterocycles. The van der Waals surface area contributed by atoms with Crippen LogP contribution in [0.2, 0.25) is 0 Å². The predicted octanol–water partition coefficient (Wildman–Crippen LogP) is -0.611. The van der Waals surface area contributed by atoms with E-state index in [2.05, 4.69) is 5.10 Å². The second-order valence-corrected chi connectivity index (χ2v) is 3.98. The monoisotopic (exact) mass is 190 g/mol. The van der Waals surface area contributed by atoms with E-state index in [1.165, 1.54) is 0 Å². The third-order valence-corrected chi connectivity index (χ3v) is 2.01. The number of carboxylic acids is 1. The number of nitrogens with zero attached hydrogens (tertiary/aromatic N) is 2. The Morgan fingerprint density at radius 3 is 2.50 bits per heavy atom. The van der Waals surface area contributed by atoms with Crippen LogP contribution in [0.25, 0.3) is 0 Å². The lowest BCUT2D eigenvalue weighted by Gasteiger charge is -1.93. The van der Waals surface area contributed by atoms with Crippen LogP contribution in [0.15, 0.2) is 12.3 Å². The van der Waals surface area contributed by atoms with Crippen molar-refractivity contribution in [2.24, 2.45) is 0 Å². The van der Waals surface area contributed by atoms with Crippen LogP contribution in [0, 0.1) is 0 Å². The van der Waals surface area contributed by atoms with Crippen LogP contribution in [-0.4, -0.2) is 34.9 Å². The molecule has 1 heterocycles. The summed E-state index contributed by atoms with van der Waals surface area (Å²) in [5.41, 5.74) is -0.291. The van der Waals surface area contributed by atoms with Crippen LogP contribution < -0.4 is 0 Å². The van der Waals surface area contributed by atoms with Gasteiger partial charge in [0.1, 0.15) is 0 Å².